The van der Waals surface area contributed by atoms with Crippen molar-refractivity contribution in [1.82, 2.24) is 35.2 Å². The minimum Gasteiger partial charge on any atom is -0.505 e. The predicted molar refractivity (Wildman–Crippen MR) is 314 cm³/mol. The molecular weight excluding hydrogens is 943 g/mol. The lowest BCUT2D eigenvalue weighted by molar-refractivity contribution is 0.475. The van der Waals surface area contributed by atoms with Gasteiger partial charge in [-0.05, 0) is 185 Å². The number of nitrogens with zero attached hydrogens (tertiary/aromatic N) is 8. The van der Waals surface area contributed by atoms with Crippen LogP contribution in [0, 0.1) is 48.5 Å². The van der Waals surface area contributed by atoms with E-state index < -0.39 is 0 Å². The van der Waals surface area contributed by atoms with Crippen LogP contribution in [0.3, 0.4) is 0 Å². The van der Waals surface area contributed by atoms with Gasteiger partial charge >= 0.3 is 0 Å². The highest BCUT2D eigenvalue weighted by Gasteiger charge is 2.16. The highest BCUT2D eigenvalue weighted by Crippen LogP contribution is 2.33. The van der Waals surface area contributed by atoms with Crippen LogP contribution in [-0.2, 0) is 0 Å². The Kier molecular flexibility index (Phi) is 16.4. The molecule has 2 aliphatic rings. The van der Waals surface area contributed by atoms with E-state index in [1.807, 2.05) is 164 Å². The smallest absolute Gasteiger partial charge is 0.144 e. The lowest BCUT2D eigenvalue weighted by atomic mass is 10.0. The van der Waals surface area contributed by atoms with Gasteiger partial charge in [-0.1, -0.05) is 54.6 Å². The molecule has 11 rings (SSSR count). The summed E-state index contributed by atoms with van der Waals surface area (Å²) < 4.78 is 0. The maximum Gasteiger partial charge on any atom is 0.144 e. The molecule has 0 saturated carbocycles. The Morgan fingerprint density at radius 3 is 1.41 bits per heavy atom. The minimum absolute atomic E-state index is 0.257. The van der Waals surface area contributed by atoms with Gasteiger partial charge in [-0.25, -0.2) is 24.9 Å². The first-order valence-corrected chi connectivity index (χ1v) is 26.2. The van der Waals surface area contributed by atoms with Crippen LogP contribution in [-0.4, -0.2) is 84.5 Å². The Bertz CT molecular complexity index is 3630. The van der Waals surface area contributed by atoms with Gasteiger partial charge in [0.25, 0.3) is 0 Å². The molecule has 4 N–H and O–H groups in total. The van der Waals surface area contributed by atoms with Crippen LogP contribution >= 0.6 is 0 Å². The average molecular weight is 1010 g/mol. The van der Waals surface area contributed by atoms with Crippen molar-refractivity contribution in [1.29, 1.82) is 0 Å². The van der Waals surface area contributed by atoms with Crippen molar-refractivity contribution >= 4 is 80.8 Å². The van der Waals surface area contributed by atoms with E-state index in [1.54, 1.807) is 6.20 Å². The van der Waals surface area contributed by atoms with Gasteiger partial charge in [-0.2, -0.15) is 0 Å². The van der Waals surface area contributed by atoms with Crippen LogP contribution in [0.5, 0.6) is 17.2 Å². The summed E-state index contributed by atoms with van der Waals surface area (Å²) in [6.07, 6.45) is 21.3. The summed E-state index contributed by atoms with van der Waals surface area (Å²) in [5.41, 5.74) is 14.5. The third-order valence-corrected chi connectivity index (χ3v) is 14.2. The number of anilines is 2. The van der Waals surface area contributed by atoms with Crippen LogP contribution in [0.1, 0.15) is 92.1 Å². The first-order valence-electron chi connectivity index (χ1n) is 26.2. The van der Waals surface area contributed by atoms with Gasteiger partial charge < -0.3 is 30.4 Å². The highest BCUT2D eigenvalue weighted by molar-refractivity contribution is 5.92. The molecule has 0 radical (unpaired) electrons. The number of hydrogen-bond acceptors (Lipinski definition) is 12. The van der Waals surface area contributed by atoms with Crippen LogP contribution in [0.15, 0.2) is 110 Å². The zero-order valence-electron chi connectivity index (χ0n) is 44.6. The average Bonchev–Trinajstić information content (AvgIpc) is 3.45. The zero-order chi connectivity index (χ0) is 53.3. The molecule has 0 unspecified atom stereocenters. The summed E-state index contributed by atoms with van der Waals surface area (Å²) >= 11 is 0. The molecule has 12 nitrogen and oxygen atoms in total. The van der Waals surface area contributed by atoms with Gasteiger partial charge in [0.05, 0.1) is 17.1 Å². The summed E-state index contributed by atoms with van der Waals surface area (Å²) in [6.45, 7) is 19.9. The van der Waals surface area contributed by atoms with Gasteiger partial charge in [0.2, 0.25) is 0 Å². The molecule has 386 valence electrons. The van der Waals surface area contributed by atoms with Crippen LogP contribution < -0.4 is 15.1 Å². The number of rotatable bonds is 8. The lowest BCUT2D eigenvalue weighted by Crippen LogP contribution is -2.43. The molecule has 0 aliphatic carbocycles. The van der Waals surface area contributed by atoms with E-state index in [-0.39, 0.29) is 17.2 Å². The SMILES string of the molecule is Cc1cc(C)c2ccc(/C=C/c3ccc(N4CCNCC4)nc3)nc2c1O.Cc1cc(C)c2ccc(/C=C/c3cccnc3C)nc2c1O.Cc1cc(C)c2ccc(/C=C/c3cccnc3N3CCCCC3)nc2c1O. The highest BCUT2D eigenvalue weighted by atomic mass is 16.3. The molecule has 8 heterocycles. The normalized spacial score (nSPS) is 13.9. The number of piperidine rings is 1. The van der Waals surface area contributed by atoms with Crippen LogP contribution in [0.2, 0.25) is 0 Å². The predicted octanol–water partition coefficient (Wildman–Crippen LogP) is 13.1. The monoisotopic (exact) mass is 1010 g/mol. The standard InChI is InChI=1S/C23H25N3O.C22H24N4O.C19H18N2O/c1-16-15-17(2)22(27)21-20(16)11-10-19(25-21)9-8-18-7-6-12-24-23(18)26-13-4-3-5-14-26;1-15-13-16(2)22(27)21-19(15)7-6-18(25-21)5-3-17-4-8-20(24-14-17)26-11-9-23-10-12-26;1-12-11-13(2)19(22)18-17(12)9-8-16(21-18)7-6-15-5-4-10-20-14(15)3/h6-12,15,27H,3-5,13-14H2,1-2H3;3-8,13-14,23,27H,9-12H2,1-2H3;4-11,22H,1-3H3/b9-8+;5-3+;7-6+. The molecule has 9 aromatic rings. The van der Waals surface area contributed by atoms with E-state index in [2.05, 4.69) is 69.3 Å². The van der Waals surface area contributed by atoms with Crippen molar-refractivity contribution < 1.29 is 15.3 Å². The number of fused-ring (bicyclic) bond motifs is 3. The second-order valence-electron chi connectivity index (χ2n) is 19.8. The van der Waals surface area contributed by atoms with Gasteiger partial charge in [0.1, 0.15) is 45.4 Å². The number of benzene rings is 3. The molecule has 2 saturated heterocycles. The molecule has 0 atom stereocenters. The molecular formula is C64H67N9O3. The minimum atomic E-state index is 0.257. The Morgan fingerprint density at radius 1 is 0.447 bits per heavy atom. The number of pyridine rings is 6. The second kappa shape index (κ2) is 23.8. The fraction of sp³-hybridized carbons (Fsp3) is 0.250. The number of nitrogens with one attached hydrogen (secondary N) is 1. The maximum atomic E-state index is 10.4. The van der Waals surface area contributed by atoms with Crippen molar-refractivity contribution in [3.8, 4) is 17.2 Å². The summed E-state index contributed by atoms with van der Waals surface area (Å²) in [6, 6.07) is 30.1. The van der Waals surface area contributed by atoms with Crippen molar-refractivity contribution in [2.45, 2.75) is 67.7 Å². The number of aryl methyl sites for hydroxylation is 7. The van der Waals surface area contributed by atoms with E-state index in [9.17, 15) is 15.3 Å². The zero-order valence-corrected chi connectivity index (χ0v) is 44.6. The fourth-order valence-corrected chi connectivity index (χ4v) is 9.86. The van der Waals surface area contributed by atoms with Gasteiger partial charge in [-0.15, -0.1) is 0 Å². The van der Waals surface area contributed by atoms with Crippen LogP contribution in [0.4, 0.5) is 11.6 Å². The maximum absolute atomic E-state index is 10.4. The third kappa shape index (κ3) is 12.2. The Labute approximate surface area is 445 Å². The van der Waals surface area contributed by atoms with Crippen molar-refractivity contribution in [2.24, 2.45) is 0 Å². The molecule has 2 aliphatic heterocycles. The van der Waals surface area contributed by atoms with Crippen molar-refractivity contribution in [3.05, 3.63) is 182 Å². The molecule has 0 amide bonds. The third-order valence-electron chi connectivity index (χ3n) is 14.2. The molecule has 0 spiro atoms. The van der Waals surface area contributed by atoms with Gasteiger partial charge in [-0.3, -0.25) is 4.98 Å². The van der Waals surface area contributed by atoms with Gasteiger partial charge in [0.15, 0.2) is 0 Å². The summed E-state index contributed by atoms with van der Waals surface area (Å²) in [7, 11) is 0. The quantitative estimate of drug-likeness (QED) is 0.114. The van der Waals surface area contributed by atoms with E-state index >= 15 is 0 Å². The van der Waals surface area contributed by atoms with E-state index in [0.717, 1.165) is 140 Å². The fourth-order valence-electron chi connectivity index (χ4n) is 9.86. The topological polar surface area (TPSA) is 157 Å². The molecule has 76 heavy (non-hydrogen) atoms. The lowest BCUT2D eigenvalue weighted by Gasteiger charge is -2.28. The van der Waals surface area contributed by atoms with E-state index in [4.69, 9.17) is 0 Å². The van der Waals surface area contributed by atoms with Gasteiger partial charge in [0, 0.05) is 85.3 Å². The molecule has 12 heteroatoms. The Morgan fingerprint density at radius 2 is 0.921 bits per heavy atom. The number of phenolic OH excluding ortho intramolecular Hbond substituents is 3. The summed E-state index contributed by atoms with van der Waals surface area (Å²) in [4.78, 5) is 32.0. The first-order chi connectivity index (χ1) is 36.8. The number of aromatic hydroxyl groups is 3. The summed E-state index contributed by atoms with van der Waals surface area (Å²) in [5.74, 6) is 2.85. The second-order valence-corrected chi connectivity index (χ2v) is 19.8. The Balaban J connectivity index is 0.000000140. The number of hydrogen-bond donors (Lipinski definition) is 4. The molecule has 0 bridgehead atoms. The molecule has 6 aromatic heterocycles. The van der Waals surface area contributed by atoms with Crippen LogP contribution in [0.25, 0.3) is 69.2 Å². The molecule has 3 aromatic carbocycles. The first kappa shape index (κ1) is 52.4. The number of phenols is 3. The van der Waals surface area contributed by atoms with Crippen molar-refractivity contribution in [2.75, 3.05) is 49.1 Å². The van der Waals surface area contributed by atoms with Crippen molar-refractivity contribution in [3.63, 3.8) is 0 Å². The number of aromatic nitrogens is 6. The van der Waals surface area contributed by atoms with E-state index in [0.29, 0.717) is 16.6 Å². The number of piperazine rings is 1. The largest absolute Gasteiger partial charge is 0.505 e. The summed E-state index contributed by atoms with van der Waals surface area (Å²) in [5, 5.41) is 37.3. The van der Waals surface area contributed by atoms with E-state index in [1.165, 1.54) is 19.3 Å². The Hall–Kier alpha value is -8.48. The molecule has 2 fully saturated rings.